The average Bonchev–Trinajstić information content (AvgIpc) is 3.04. The molecule has 1 atom stereocenters. The summed E-state index contributed by atoms with van der Waals surface area (Å²) < 4.78 is 13.0. The zero-order valence-electron chi connectivity index (χ0n) is 9.74. The van der Waals surface area contributed by atoms with Crippen LogP contribution in [0.2, 0.25) is 0 Å². The van der Waals surface area contributed by atoms with Gasteiger partial charge in [-0.1, -0.05) is 11.8 Å². The molecule has 1 aromatic rings. The van der Waals surface area contributed by atoms with Crippen LogP contribution in [0.5, 0.6) is 0 Å². The summed E-state index contributed by atoms with van der Waals surface area (Å²) in [4.78, 5) is 4.51. The summed E-state index contributed by atoms with van der Waals surface area (Å²) in [6.07, 6.45) is 2.71. The monoisotopic (exact) mass is 250 g/mol. The van der Waals surface area contributed by atoms with E-state index in [1.807, 2.05) is 18.7 Å². The van der Waals surface area contributed by atoms with Crippen LogP contribution in [0.15, 0.2) is 23.2 Å². The third-order valence-electron chi connectivity index (χ3n) is 3.26. The Labute approximate surface area is 105 Å². The number of nitrogens with one attached hydrogen (secondary N) is 1. The van der Waals surface area contributed by atoms with Crippen LogP contribution in [0, 0.1) is 18.7 Å². The molecule has 1 fully saturated rings. The Hall–Kier alpha value is -1.03. The molecule has 4 heteroatoms. The highest BCUT2D eigenvalue weighted by Crippen LogP contribution is 2.42. The molecule has 0 amide bonds. The van der Waals surface area contributed by atoms with Gasteiger partial charge in [0.05, 0.1) is 6.54 Å². The minimum Gasteiger partial charge on any atom is -0.335 e. The maximum atomic E-state index is 13.0. The third kappa shape index (κ3) is 2.46. The minimum absolute atomic E-state index is 0.190. The van der Waals surface area contributed by atoms with Crippen LogP contribution in [0.1, 0.15) is 18.4 Å². The fourth-order valence-corrected chi connectivity index (χ4v) is 3.27. The first-order valence-corrected chi connectivity index (χ1v) is 6.84. The third-order valence-corrected chi connectivity index (χ3v) is 4.55. The topological polar surface area (TPSA) is 24.4 Å². The molecule has 2 aliphatic rings. The van der Waals surface area contributed by atoms with Crippen molar-refractivity contribution in [2.75, 3.05) is 11.9 Å². The Kier molecular flexibility index (Phi) is 2.82. The molecule has 17 heavy (non-hydrogen) atoms. The van der Waals surface area contributed by atoms with Crippen LogP contribution in [0.3, 0.4) is 0 Å². The summed E-state index contributed by atoms with van der Waals surface area (Å²) in [5, 5.41) is 4.94. The van der Waals surface area contributed by atoms with E-state index in [1.165, 1.54) is 18.9 Å². The fraction of sp³-hybridized carbons (Fsp3) is 0.462. The van der Waals surface area contributed by atoms with Crippen molar-refractivity contribution in [3.05, 3.63) is 29.6 Å². The van der Waals surface area contributed by atoms with Crippen molar-refractivity contribution in [3.8, 4) is 0 Å². The van der Waals surface area contributed by atoms with Crippen LogP contribution in [0.4, 0.5) is 10.1 Å². The molecule has 1 aliphatic heterocycles. The van der Waals surface area contributed by atoms with Gasteiger partial charge in [0, 0.05) is 10.9 Å². The van der Waals surface area contributed by atoms with Crippen LogP contribution in [-0.4, -0.2) is 17.0 Å². The van der Waals surface area contributed by atoms with E-state index in [4.69, 9.17) is 0 Å². The van der Waals surface area contributed by atoms with Gasteiger partial charge in [-0.2, -0.15) is 0 Å². The molecule has 1 unspecified atom stereocenters. The number of hydrogen-bond donors (Lipinski definition) is 1. The molecule has 1 heterocycles. The van der Waals surface area contributed by atoms with E-state index >= 15 is 0 Å². The predicted octanol–water partition coefficient (Wildman–Crippen LogP) is 3.43. The summed E-state index contributed by atoms with van der Waals surface area (Å²) in [5.41, 5.74) is 1.87. The molecule has 0 bridgehead atoms. The van der Waals surface area contributed by atoms with Crippen LogP contribution < -0.4 is 5.32 Å². The minimum atomic E-state index is -0.190. The van der Waals surface area contributed by atoms with Gasteiger partial charge < -0.3 is 5.32 Å². The standard InChI is InChI=1S/C13H15FN2S/c1-8-6-10(14)4-5-11(8)16-13-15-7-12(17-13)9-2-3-9/h4-6,9,12H,2-3,7H2,1H3,(H,15,16). The Morgan fingerprint density at radius 3 is 2.94 bits per heavy atom. The number of amidine groups is 1. The van der Waals surface area contributed by atoms with Gasteiger partial charge in [-0.3, -0.25) is 4.99 Å². The number of aryl methyl sites for hydroxylation is 1. The molecular weight excluding hydrogens is 235 g/mol. The Morgan fingerprint density at radius 1 is 1.41 bits per heavy atom. The molecular formula is C13H15FN2S. The van der Waals surface area contributed by atoms with Crippen LogP contribution in [0.25, 0.3) is 0 Å². The first kappa shape index (κ1) is 11.1. The second-order valence-electron chi connectivity index (χ2n) is 4.72. The lowest BCUT2D eigenvalue weighted by atomic mass is 10.2. The summed E-state index contributed by atoms with van der Waals surface area (Å²) in [6.45, 7) is 2.84. The van der Waals surface area contributed by atoms with Gasteiger partial charge in [0.15, 0.2) is 5.17 Å². The van der Waals surface area contributed by atoms with Crippen molar-refractivity contribution >= 4 is 22.6 Å². The zero-order chi connectivity index (χ0) is 11.8. The SMILES string of the molecule is Cc1cc(F)ccc1NC1=NCC(C2CC2)S1. The summed E-state index contributed by atoms with van der Waals surface area (Å²) in [5.74, 6) is 0.683. The van der Waals surface area contributed by atoms with Crippen molar-refractivity contribution in [2.45, 2.75) is 25.0 Å². The molecule has 1 aromatic carbocycles. The van der Waals surface area contributed by atoms with Gasteiger partial charge >= 0.3 is 0 Å². The average molecular weight is 250 g/mol. The highest BCUT2D eigenvalue weighted by molar-refractivity contribution is 8.15. The number of benzene rings is 1. The molecule has 1 saturated carbocycles. The molecule has 0 spiro atoms. The van der Waals surface area contributed by atoms with Crippen molar-refractivity contribution in [3.63, 3.8) is 0 Å². The fourth-order valence-electron chi connectivity index (χ4n) is 2.06. The summed E-state index contributed by atoms with van der Waals surface area (Å²) in [6, 6.07) is 4.80. The van der Waals surface area contributed by atoms with E-state index in [0.717, 1.165) is 28.9 Å². The first-order valence-electron chi connectivity index (χ1n) is 5.96. The molecule has 0 radical (unpaired) electrons. The van der Waals surface area contributed by atoms with Gasteiger partial charge in [-0.05, 0) is 49.4 Å². The number of halogens is 1. The summed E-state index contributed by atoms with van der Waals surface area (Å²) >= 11 is 1.83. The normalized spacial score (nSPS) is 23.6. The Bertz CT molecular complexity index is 468. The van der Waals surface area contributed by atoms with Crippen molar-refractivity contribution < 1.29 is 4.39 Å². The van der Waals surface area contributed by atoms with Gasteiger partial charge in [0.2, 0.25) is 0 Å². The predicted molar refractivity (Wildman–Crippen MR) is 71.2 cm³/mol. The van der Waals surface area contributed by atoms with Gasteiger partial charge in [-0.25, -0.2) is 4.39 Å². The van der Waals surface area contributed by atoms with Gasteiger partial charge in [0.1, 0.15) is 5.82 Å². The van der Waals surface area contributed by atoms with Crippen molar-refractivity contribution in [2.24, 2.45) is 10.9 Å². The number of aliphatic imine (C=N–C) groups is 1. The highest BCUT2D eigenvalue weighted by atomic mass is 32.2. The Morgan fingerprint density at radius 2 is 2.24 bits per heavy atom. The second kappa shape index (κ2) is 4.33. The number of thioether (sulfide) groups is 1. The molecule has 1 aliphatic carbocycles. The lowest BCUT2D eigenvalue weighted by Crippen LogP contribution is -2.09. The number of anilines is 1. The first-order chi connectivity index (χ1) is 8.22. The largest absolute Gasteiger partial charge is 0.335 e. The molecule has 1 N–H and O–H groups in total. The molecule has 0 saturated heterocycles. The van der Waals surface area contributed by atoms with Crippen LogP contribution >= 0.6 is 11.8 Å². The number of rotatable bonds is 2. The number of nitrogens with zero attached hydrogens (tertiary/aromatic N) is 1. The maximum absolute atomic E-state index is 13.0. The Balaban J connectivity index is 1.66. The quantitative estimate of drug-likeness (QED) is 0.869. The van der Waals surface area contributed by atoms with Crippen LogP contribution in [-0.2, 0) is 0 Å². The molecule has 90 valence electrons. The van der Waals surface area contributed by atoms with Crippen molar-refractivity contribution in [1.29, 1.82) is 0 Å². The van der Waals surface area contributed by atoms with E-state index in [9.17, 15) is 4.39 Å². The van der Waals surface area contributed by atoms with Crippen molar-refractivity contribution in [1.82, 2.24) is 0 Å². The smallest absolute Gasteiger partial charge is 0.161 e. The highest BCUT2D eigenvalue weighted by Gasteiger charge is 2.35. The van der Waals surface area contributed by atoms with E-state index in [-0.39, 0.29) is 5.82 Å². The van der Waals surface area contributed by atoms with Gasteiger partial charge in [0.25, 0.3) is 0 Å². The van der Waals surface area contributed by atoms with E-state index in [0.29, 0.717) is 5.25 Å². The lowest BCUT2D eigenvalue weighted by molar-refractivity contribution is 0.627. The van der Waals surface area contributed by atoms with E-state index in [1.54, 1.807) is 12.1 Å². The van der Waals surface area contributed by atoms with E-state index in [2.05, 4.69) is 10.3 Å². The zero-order valence-corrected chi connectivity index (χ0v) is 10.6. The van der Waals surface area contributed by atoms with Gasteiger partial charge in [-0.15, -0.1) is 0 Å². The number of hydrogen-bond acceptors (Lipinski definition) is 3. The van der Waals surface area contributed by atoms with E-state index < -0.39 is 0 Å². The molecule has 3 rings (SSSR count). The maximum Gasteiger partial charge on any atom is 0.161 e. The lowest BCUT2D eigenvalue weighted by Gasteiger charge is -2.10. The summed E-state index contributed by atoms with van der Waals surface area (Å²) in [7, 11) is 0. The molecule has 0 aromatic heterocycles. The second-order valence-corrected chi connectivity index (χ2v) is 5.95. The molecule has 2 nitrogen and oxygen atoms in total.